The summed E-state index contributed by atoms with van der Waals surface area (Å²) in [5.41, 5.74) is 0.710. The number of carboxylic acid groups (broad SMARTS) is 3. The van der Waals surface area contributed by atoms with Crippen LogP contribution in [0, 0.1) is 57.2 Å². The van der Waals surface area contributed by atoms with E-state index in [9.17, 15) is 44.1 Å². The molecule has 0 radical (unpaired) electrons. The number of hydrogen-bond donors (Lipinski definition) is 3. The number of ether oxygens (including phenoxy) is 5. The van der Waals surface area contributed by atoms with Crippen molar-refractivity contribution in [2.75, 3.05) is 34.0 Å². The van der Waals surface area contributed by atoms with E-state index in [4.69, 9.17) is 23.7 Å². The molecule has 0 aromatic carbocycles. The third-order valence-electron chi connectivity index (χ3n) is 14.9. The third kappa shape index (κ3) is 9.80. The van der Waals surface area contributed by atoms with Gasteiger partial charge in [-0.05, 0) is 79.4 Å². The Morgan fingerprint density at radius 3 is 1.59 bits per heavy atom. The monoisotopic (exact) mass is 818 g/mol. The Morgan fingerprint density at radius 1 is 0.655 bits per heavy atom. The van der Waals surface area contributed by atoms with E-state index in [1.807, 2.05) is 6.92 Å². The fourth-order valence-electron chi connectivity index (χ4n) is 11.8. The highest BCUT2D eigenvalue weighted by molar-refractivity contribution is 5.87. The summed E-state index contributed by atoms with van der Waals surface area (Å²) in [4.78, 5) is 75.9. The van der Waals surface area contributed by atoms with E-state index in [1.54, 1.807) is 0 Å². The second kappa shape index (κ2) is 18.6. The van der Waals surface area contributed by atoms with Gasteiger partial charge in [-0.15, -0.1) is 0 Å². The number of hydrogen-bond acceptors (Lipinski definition) is 11. The van der Waals surface area contributed by atoms with Crippen LogP contribution in [0.4, 0.5) is 0 Å². The van der Waals surface area contributed by atoms with Crippen molar-refractivity contribution in [3.8, 4) is 0 Å². The number of aliphatic carboxylic acids is 3. The largest absolute Gasteiger partial charge is 0.481 e. The molecule has 0 heterocycles. The maximum atomic E-state index is 14.1. The maximum absolute atomic E-state index is 14.1. The van der Waals surface area contributed by atoms with Crippen LogP contribution in [-0.2, 0) is 52.5 Å². The summed E-state index contributed by atoms with van der Waals surface area (Å²) >= 11 is 0. The molecule has 326 valence electrons. The topological polar surface area (TPSA) is 209 Å². The average molecular weight is 819 g/mol. The quantitative estimate of drug-likeness (QED) is 0.0768. The lowest BCUT2D eigenvalue weighted by molar-refractivity contribution is -0.181. The molecule has 0 aliphatic heterocycles. The van der Waals surface area contributed by atoms with E-state index < -0.39 is 83.5 Å². The Morgan fingerprint density at radius 2 is 1.10 bits per heavy atom. The minimum Gasteiger partial charge on any atom is -0.481 e. The van der Waals surface area contributed by atoms with Crippen molar-refractivity contribution in [2.45, 2.75) is 124 Å². The van der Waals surface area contributed by atoms with Crippen molar-refractivity contribution >= 4 is 35.8 Å². The predicted molar refractivity (Wildman–Crippen MR) is 210 cm³/mol. The van der Waals surface area contributed by atoms with Crippen LogP contribution in [0.5, 0.6) is 0 Å². The first-order valence-electron chi connectivity index (χ1n) is 20.6. The summed E-state index contributed by atoms with van der Waals surface area (Å²) in [6.45, 7) is 19.5. The Balaban J connectivity index is 1.54. The SMILES string of the molecule is C=C1CC[C@H]2C(C)(C)CCC[C@]2(C)[C@H]1CO[C@@H](C(=O)OC)[C@H](CC(=O)O)C(=O)OC[C@]1(C)CCC[C@]2(C)[C@@H](CO[C@@H](C(=O)OC)[C@H](CC(=O)O)C(=O)O)C(=C)CC[C@@H]12. The molecule has 0 amide bonds. The summed E-state index contributed by atoms with van der Waals surface area (Å²) < 4.78 is 28.2. The number of esters is 3. The minimum absolute atomic E-state index is 0.0745. The van der Waals surface area contributed by atoms with Crippen molar-refractivity contribution in [3.05, 3.63) is 24.3 Å². The molecule has 0 aromatic rings. The molecule has 4 rings (SSSR count). The molecular formula is C44H66O14. The van der Waals surface area contributed by atoms with Gasteiger partial charge in [0, 0.05) is 17.3 Å². The lowest BCUT2D eigenvalue weighted by atomic mass is 9.47. The molecule has 4 aliphatic carbocycles. The Kier molecular flexibility index (Phi) is 15.1. The van der Waals surface area contributed by atoms with Gasteiger partial charge in [-0.1, -0.05) is 71.8 Å². The second-order valence-electron chi connectivity index (χ2n) is 18.9. The zero-order valence-corrected chi connectivity index (χ0v) is 35.5. The van der Waals surface area contributed by atoms with Crippen LogP contribution >= 0.6 is 0 Å². The molecule has 4 fully saturated rings. The van der Waals surface area contributed by atoms with Crippen molar-refractivity contribution in [2.24, 2.45) is 57.2 Å². The molecule has 0 aromatic heterocycles. The van der Waals surface area contributed by atoms with E-state index in [1.165, 1.54) is 7.11 Å². The van der Waals surface area contributed by atoms with Crippen molar-refractivity contribution in [1.82, 2.24) is 0 Å². The summed E-state index contributed by atoms with van der Waals surface area (Å²) in [5, 5.41) is 29.1. The molecular weight excluding hydrogens is 752 g/mol. The molecule has 4 aliphatic rings. The number of rotatable bonds is 18. The highest BCUT2D eigenvalue weighted by Gasteiger charge is 2.57. The van der Waals surface area contributed by atoms with E-state index in [2.05, 4.69) is 40.9 Å². The van der Waals surface area contributed by atoms with E-state index in [0.29, 0.717) is 25.2 Å². The molecule has 0 unspecified atom stereocenters. The van der Waals surface area contributed by atoms with Gasteiger partial charge >= 0.3 is 35.8 Å². The fraction of sp³-hybridized carbons (Fsp3) is 0.773. The van der Waals surface area contributed by atoms with Crippen molar-refractivity contribution < 1.29 is 67.8 Å². The van der Waals surface area contributed by atoms with Crippen LogP contribution in [0.3, 0.4) is 0 Å². The number of methoxy groups -OCH3 is 2. The Bertz CT molecular complexity index is 1600. The van der Waals surface area contributed by atoms with Gasteiger partial charge in [0.15, 0.2) is 12.2 Å². The van der Waals surface area contributed by atoms with Crippen LogP contribution in [0.1, 0.15) is 112 Å². The van der Waals surface area contributed by atoms with E-state index >= 15 is 0 Å². The summed E-state index contributed by atoms with van der Waals surface area (Å²) in [6, 6.07) is 0. The predicted octanol–water partition coefficient (Wildman–Crippen LogP) is 6.49. The lowest BCUT2D eigenvalue weighted by Crippen LogP contribution is -2.54. The summed E-state index contributed by atoms with van der Waals surface area (Å²) in [6.07, 6.45) is 3.58. The molecule has 0 bridgehead atoms. The molecule has 4 saturated carbocycles. The molecule has 0 saturated heterocycles. The standard InChI is InChI=1S/C44H66O14/c1-25-12-14-31-41(3,4)16-10-18-43(31,6)29(25)22-57-36(40(53)55-9)28(21-34(47)48)38(51)58-24-42(5)17-11-19-44(7)30(26(2)13-15-32(42)44)23-56-35(39(52)54-8)27(37(49)50)20-33(45)46/h27-32,35-36H,1-2,10-24H2,3-9H3,(H,45,46)(H,47,48)(H,49,50)/t27-,28-,29-,30-,31-,32-,35+,36+,42-,43+,44+/m0/s1. The van der Waals surface area contributed by atoms with E-state index in [0.717, 1.165) is 63.2 Å². The molecule has 58 heavy (non-hydrogen) atoms. The first-order valence-corrected chi connectivity index (χ1v) is 20.6. The first-order chi connectivity index (χ1) is 27.1. The minimum atomic E-state index is -1.68. The van der Waals surface area contributed by atoms with Crippen LogP contribution in [0.2, 0.25) is 0 Å². The summed E-state index contributed by atoms with van der Waals surface area (Å²) in [7, 11) is 2.24. The van der Waals surface area contributed by atoms with Gasteiger partial charge in [-0.2, -0.15) is 0 Å². The highest BCUT2D eigenvalue weighted by atomic mass is 16.6. The first kappa shape index (κ1) is 46.9. The molecule has 11 atom stereocenters. The van der Waals surface area contributed by atoms with Crippen LogP contribution in [-0.4, -0.2) is 97.4 Å². The number of carbonyl (C=O) groups excluding carboxylic acids is 3. The maximum Gasteiger partial charge on any atom is 0.335 e. The summed E-state index contributed by atoms with van der Waals surface area (Å²) in [5.74, 6) is -10.3. The van der Waals surface area contributed by atoms with Crippen molar-refractivity contribution in [3.63, 3.8) is 0 Å². The van der Waals surface area contributed by atoms with Crippen LogP contribution in [0.15, 0.2) is 24.3 Å². The lowest BCUT2D eigenvalue weighted by Gasteiger charge is -2.58. The third-order valence-corrected chi connectivity index (χ3v) is 14.9. The fourth-order valence-corrected chi connectivity index (χ4v) is 11.8. The van der Waals surface area contributed by atoms with Crippen LogP contribution in [0.25, 0.3) is 0 Å². The number of carboxylic acids is 3. The Labute approximate surface area is 342 Å². The normalized spacial score (nSPS) is 32.6. The molecule has 3 N–H and O–H groups in total. The highest BCUT2D eigenvalue weighted by Crippen LogP contribution is 2.62. The smallest absolute Gasteiger partial charge is 0.335 e. The van der Waals surface area contributed by atoms with Gasteiger partial charge < -0.3 is 39.0 Å². The second-order valence-corrected chi connectivity index (χ2v) is 18.9. The molecule has 0 spiro atoms. The van der Waals surface area contributed by atoms with Gasteiger partial charge in [0.1, 0.15) is 11.8 Å². The van der Waals surface area contributed by atoms with Crippen molar-refractivity contribution in [1.29, 1.82) is 0 Å². The average Bonchev–Trinajstić information content (AvgIpc) is 3.13. The number of carbonyl (C=O) groups is 6. The van der Waals surface area contributed by atoms with Gasteiger partial charge in [0.2, 0.25) is 0 Å². The van der Waals surface area contributed by atoms with Gasteiger partial charge in [-0.25, -0.2) is 9.59 Å². The van der Waals surface area contributed by atoms with Gasteiger partial charge in [0.25, 0.3) is 0 Å². The van der Waals surface area contributed by atoms with Gasteiger partial charge in [0.05, 0.1) is 46.9 Å². The Hall–Kier alpha value is -3.78. The van der Waals surface area contributed by atoms with E-state index in [-0.39, 0.29) is 48.4 Å². The van der Waals surface area contributed by atoms with Crippen LogP contribution < -0.4 is 0 Å². The zero-order valence-electron chi connectivity index (χ0n) is 35.5. The number of fused-ring (bicyclic) bond motifs is 2. The zero-order chi connectivity index (χ0) is 43.4. The van der Waals surface area contributed by atoms with Gasteiger partial charge in [-0.3, -0.25) is 19.2 Å². The molecule has 14 heteroatoms. The molecule has 14 nitrogen and oxygen atoms in total.